The summed E-state index contributed by atoms with van der Waals surface area (Å²) in [4.78, 5) is 0. The summed E-state index contributed by atoms with van der Waals surface area (Å²) in [6, 6.07) is 0.780. The smallest absolute Gasteiger partial charge is 0.0198 e. The van der Waals surface area contributed by atoms with Crippen LogP contribution in [0.3, 0.4) is 0 Å². The van der Waals surface area contributed by atoms with Gasteiger partial charge in [-0.15, -0.1) is 0 Å². The highest BCUT2D eigenvalue weighted by Crippen LogP contribution is 2.27. The summed E-state index contributed by atoms with van der Waals surface area (Å²) in [6.07, 6.45) is 11.4. The highest BCUT2D eigenvalue weighted by atomic mass is 32.2. The fraction of sp³-hybridized carbons (Fsp3) is 1.00. The van der Waals surface area contributed by atoms with Crippen molar-refractivity contribution in [3.8, 4) is 0 Å². The summed E-state index contributed by atoms with van der Waals surface area (Å²) >= 11 is 4.02. The molecule has 0 aromatic heterocycles. The molecule has 0 amide bonds. The van der Waals surface area contributed by atoms with Gasteiger partial charge in [-0.05, 0) is 38.3 Å². The first-order chi connectivity index (χ1) is 7.27. The van der Waals surface area contributed by atoms with Gasteiger partial charge in [0.25, 0.3) is 0 Å². The Labute approximate surface area is 104 Å². The van der Waals surface area contributed by atoms with Crippen LogP contribution in [-0.4, -0.2) is 35.6 Å². The van der Waals surface area contributed by atoms with Gasteiger partial charge in [-0.25, -0.2) is 0 Å². The molecule has 3 unspecified atom stereocenters. The second-order valence-corrected chi connectivity index (χ2v) is 6.81. The van der Waals surface area contributed by atoms with E-state index < -0.39 is 0 Å². The van der Waals surface area contributed by atoms with Gasteiger partial charge < -0.3 is 5.32 Å². The van der Waals surface area contributed by atoms with Gasteiger partial charge >= 0.3 is 0 Å². The number of hydrogen-bond acceptors (Lipinski definition) is 3. The molecule has 3 atom stereocenters. The van der Waals surface area contributed by atoms with E-state index in [1.54, 1.807) is 0 Å². The highest BCUT2D eigenvalue weighted by molar-refractivity contribution is 7.99. The van der Waals surface area contributed by atoms with Gasteiger partial charge in [-0.3, -0.25) is 0 Å². The quantitative estimate of drug-likeness (QED) is 0.773. The average Bonchev–Trinajstić information content (AvgIpc) is 2.29. The van der Waals surface area contributed by atoms with Gasteiger partial charge in [0.05, 0.1) is 0 Å². The van der Waals surface area contributed by atoms with Crippen LogP contribution >= 0.6 is 23.5 Å². The maximum Gasteiger partial charge on any atom is 0.0198 e. The predicted molar refractivity (Wildman–Crippen MR) is 75.2 cm³/mol. The standard InChI is InChI=1S/C12H25NS2/c1-10(14-2)8-9-13-11-6-4-5-7-12(11)15-3/h10-13H,4-9H2,1-3H3. The largest absolute Gasteiger partial charge is 0.313 e. The second-order valence-electron chi connectivity index (χ2n) is 4.45. The van der Waals surface area contributed by atoms with Gasteiger partial charge in [0, 0.05) is 16.5 Å². The fourth-order valence-corrected chi connectivity index (χ4v) is 3.52. The third-order valence-corrected chi connectivity index (χ3v) is 5.58. The Hall–Kier alpha value is 0.660. The van der Waals surface area contributed by atoms with Crippen molar-refractivity contribution in [1.29, 1.82) is 0 Å². The van der Waals surface area contributed by atoms with E-state index in [4.69, 9.17) is 0 Å². The molecule has 1 saturated carbocycles. The van der Waals surface area contributed by atoms with Crippen LogP contribution in [-0.2, 0) is 0 Å². The van der Waals surface area contributed by atoms with Crippen LogP contribution in [0, 0.1) is 0 Å². The lowest BCUT2D eigenvalue weighted by atomic mass is 9.95. The second kappa shape index (κ2) is 7.86. The van der Waals surface area contributed by atoms with E-state index in [2.05, 4.69) is 36.5 Å². The molecule has 15 heavy (non-hydrogen) atoms. The maximum atomic E-state index is 3.75. The van der Waals surface area contributed by atoms with Crippen molar-refractivity contribution >= 4 is 23.5 Å². The minimum atomic E-state index is 0.780. The Morgan fingerprint density at radius 2 is 2.00 bits per heavy atom. The van der Waals surface area contributed by atoms with Crippen LogP contribution in [0.1, 0.15) is 39.0 Å². The summed E-state index contributed by atoms with van der Waals surface area (Å²) in [5, 5.41) is 5.42. The van der Waals surface area contributed by atoms with Crippen LogP contribution in [0.25, 0.3) is 0 Å². The third kappa shape index (κ3) is 5.01. The molecule has 1 N–H and O–H groups in total. The summed E-state index contributed by atoms with van der Waals surface area (Å²) in [7, 11) is 0. The SMILES string of the molecule is CSC(C)CCNC1CCCCC1SC. The summed E-state index contributed by atoms with van der Waals surface area (Å²) < 4.78 is 0. The lowest BCUT2D eigenvalue weighted by molar-refractivity contribution is 0.383. The zero-order chi connectivity index (χ0) is 11.1. The molecular formula is C12H25NS2. The van der Waals surface area contributed by atoms with Gasteiger partial charge in [0.1, 0.15) is 0 Å². The molecule has 0 spiro atoms. The van der Waals surface area contributed by atoms with E-state index >= 15 is 0 Å². The topological polar surface area (TPSA) is 12.0 Å². The Bertz CT molecular complexity index is 164. The third-order valence-electron chi connectivity index (χ3n) is 3.37. The Kier molecular flexibility index (Phi) is 7.19. The number of rotatable bonds is 6. The number of thioether (sulfide) groups is 2. The van der Waals surface area contributed by atoms with E-state index in [9.17, 15) is 0 Å². The minimum absolute atomic E-state index is 0.780. The number of nitrogens with one attached hydrogen (secondary N) is 1. The average molecular weight is 247 g/mol. The summed E-state index contributed by atoms with van der Waals surface area (Å²) in [5.74, 6) is 0. The van der Waals surface area contributed by atoms with Crippen molar-refractivity contribution in [2.75, 3.05) is 19.1 Å². The van der Waals surface area contributed by atoms with Gasteiger partial charge in [0.2, 0.25) is 0 Å². The van der Waals surface area contributed by atoms with E-state index in [0.29, 0.717) is 0 Å². The van der Waals surface area contributed by atoms with Crippen LogP contribution in [0.5, 0.6) is 0 Å². The Balaban J connectivity index is 2.17. The molecule has 0 aromatic carbocycles. The molecule has 1 rings (SSSR count). The molecular weight excluding hydrogens is 222 g/mol. The Morgan fingerprint density at radius 1 is 1.27 bits per heavy atom. The molecule has 3 heteroatoms. The molecule has 1 fully saturated rings. The maximum absolute atomic E-state index is 3.75. The van der Waals surface area contributed by atoms with Gasteiger partial charge in [-0.1, -0.05) is 19.8 Å². The van der Waals surface area contributed by atoms with Gasteiger partial charge in [0.15, 0.2) is 0 Å². The monoisotopic (exact) mass is 247 g/mol. The Morgan fingerprint density at radius 3 is 2.67 bits per heavy atom. The first-order valence-corrected chi connectivity index (χ1v) is 8.64. The summed E-state index contributed by atoms with van der Waals surface area (Å²) in [6.45, 7) is 3.52. The molecule has 0 aromatic rings. The lowest BCUT2D eigenvalue weighted by Crippen LogP contribution is -2.41. The zero-order valence-corrected chi connectivity index (χ0v) is 11.9. The number of hydrogen-bond donors (Lipinski definition) is 1. The molecule has 0 aliphatic heterocycles. The van der Waals surface area contributed by atoms with Crippen molar-refractivity contribution < 1.29 is 0 Å². The lowest BCUT2D eigenvalue weighted by Gasteiger charge is -2.31. The zero-order valence-electron chi connectivity index (χ0n) is 10.3. The molecule has 1 aliphatic carbocycles. The van der Waals surface area contributed by atoms with Crippen LogP contribution in [0.4, 0.5) is 0 Å². The van der Waals surface area contributed by atoms with E-state index in [0.717, 1.165) is 16.5 Å². The molecule has 90 valence electrons. The molecule has 0 radical (unpaired) electrons. The van der Waals surface area contributed by atoms with Crippen LogP contribution < -0.4 is 5.32 Å². The van der Waals surface area contributed by atoms with Crippen molar-refractivity contribution in [3.05, 3.63) is 0 Å². The normalized spacial score (nSPS) is 29.0. The van der Waals surface area contributed by atoms with Crippen molar-refractivity contribution in [3.63, 3.8) is 0 Å². The summed E-state index contributed by atoms with van der Waals surface area (Å²) in [5.41, 5.74) is 0. The van der Waals surface area contributed by atoms with Crippen molar-refractivity contribution in [1.82, 2.24) is 5.32 Å². The molecule has 0 bridgehead atoms. The highest BCUT2D eigenvalue weighted by Gasteiger charge is 2.23. The van der Waals surface area contributed by atoms with E-state index in [-0.39, 0.29) is 0 Å². The van der Waals surface area contributed by atoms with Crippen LogP contribution in [0.2, 0.25) is 0 Å². The van der Waals surface area contributed by atoms with E-state index in [1.807, 2.05) is 11.8 Å². The fourth-order valence-electron chi connectivity index (χ4n) is 2.20. The predicted octanol–water partition coefficient (Wildman–Crippen LogP) is 3.39. The van der Waals surface area contributed by atoms with Gasteiger partial charge in [-0.2, -0.15) is 23.5 Å². The molecule has 1 aliphatic rings. The molecule has 1 nitrogen and oxygen atoms in total. The van der Waals surface area contributed by atoms with Crippen molar-refractivity contribution in [2.24, 2.45) is 0 Å². The first kappa shape index (κ1) is 13.7. The van der Waals surface area contributed by atoms with Crippen LogP contribution in [0.15, 0.2) is 0 Å². The molecule has 0 heterocycles. The van der Waals surface area contributed by atoms with E-state index in [1.165, 1.54) is 38.6 Å². The van der Waals surface area contributed by atoms with Crippen molar-refractivity contribution in [2.45, 2.75) is 55.6 Å². The minimum Gasteiger partial charge on any atom is -0.313 e. The first-order valence-electron chi connectivity index (χ1n) is 6.07. The molecule has 0 saturated heterocycles.